The average Bonchev–Trinajstić information content (AvgIpc) is 2.51. The van der Waals surface area contributed by atoms with Crippen molar-refractivity contribution in [1.29, 1.82) is 0 Å². The molecule has 0 aliphatic heterocycles. The van der Waals surface area contributed by atoms with Crippen LogP contribution in [-0.2, 0) is 9.47 Å². The number of nitrogens with one attached hydrogen (secondary N) is 2. The van der Waals surface area contributed by atoms with E-state index in [0.29, 0.717) is 17.8 Å². The Morgan fingerprint density at radius 1 is 1.17 bits per heavy atom. The van der Waals surface area contributed by atoms with Gasteiger partial charge < -0.3 is 19.9 Å². The number of benzene rings is 1. The number of aliphatic hydroxyl groups excluding tert-OH is 1. The normalized spacial score (nSPS) is 12.4. The van der Waals surface area contributed by atoms with Gasteiger partial charge in [0.25, 0.3) is 0 Å². The molecular formula is C17H26N2O5. The third kappa shape index (κ3) is 7.94. The molecule has 1 unspecified atom stereocenters. The van der Waals surface area contributed by atoms with Crippen LogP contribution < -0.4 is 10.6 Å². The van der Waals surface area contributed by atoms with Crippen molar-refractivity contribution < 1.29 is 24.2 Å². The summed E-state index contributed by atoms with van der Waals surface area (Å²) in [5.41, 5.74) is 0.729. The van der Waals surface area contributed by atoms with Gasteiger partial charge in [-0.3, -0.25) is 5.32 Å². The molecule has 0 radical (unpaired) electrons. The molecule has 0 heterocycles. The Morgan fingerprint density at radius 2 is 1.79 bits per heavy atom. The molecular weight excluding hydrogens is 312 g/mol. The summed E-state index contributed by atoms with van der Waals surface area (Å²) in [6, 6.07) is 6.21. The van der Waals surface area contributed by atoms with Crippen LogP contribution in [-0.4, -0.2) is 48.6 Å². The fraction of sp³-hybridized carbons (Fsp3) is 0.529. The molecule has 0 saturated carbocycles. The zero-order valence-electron chi connectivity index (χ0n) is 14.6. The molecule has 24 heavy (non-hydrogen) atoms. The summed E-state index contributed by atoms with van der Waals surface area (Å²) in [5.74, 6) is -0.535. The first-order valence-electron chi connectivity index (χ1n) is 7.85. The van der Waals surface area contributed by atoms with Crippen molar-refractivity contribution in [2.75, 3.05) is 25.1 Å². The third-order valence-corrected chi connectivity index (χ3v) is 2.92. The van der Waals surface area contributed by atoms with E-state index in [-0.39, 0.29) is 18.8 Å². The van der Waals surface area contributed by atoms with Gasteiger partial charge in [0, 0.05) is 17.8 Å². The zero-order valence-corrected chi connectivity index (χ0v) is 14.6. The highest BCUT2D eigenvalue weighted by atomic mass is 16.5. The number of rotatable bonds is 7. The Bertz CT molecular complexity index is 537. The molecule has 134 valence electrons. The van der Waals surface area contributed by atoms with E-state index in [1.165, 1.54) is 12.1 Å². The van der Waals surface area contributed by atoms with Gasteiger partial charge in [0.1, 0.15) is 12.7 Å². The lowest BCUT2D eigenvalue weighted by molar-refractivity contribution is 0.0247. The summed E-state index contributed by atoms with van der Waals surface area (Å²) in [6.07, 6.45) is -1.33. The molecule has 3 N–H and O–H groups in total. The molecule has 7 nitrogen and oxygen atoms in total. The molecule has 0 aliphatic rings. The highest BCUT2D eigenvalue weighted by molar-refractivity contribution is 5.91. The largest absolute Gasteiger partial charge is 0.459 e. The second-order valence-corrected chi connectivity index (χ2v) is 6.31. The van der Waals surface area contributed by atoms with E-state index in [1.807, 2.05) is 20.8 Å². The minimum Gasteiger partial charge on any atom is -0.459 e. The van der Waals surface area contributed by atoms with Crippen LogP contribution in [0.4, 0.5) is 10.5 Å². The van der Waals surface area contributed by atoms with Crippen molar-refractivity contribution >= 4 is 17.7 Å². The predicted molar refractivity (Wildman–Crippen MR) is 91.1 cm³/mol. The molecule has 1 atom stereocenters. The smallest absolute Gasteiger partial charge is 0.411 e. The predicted octanol–water partition coefficient (Wildman–Crippen LogP) is 2.16. The Balaban J connectivity index is 2.43. The standard InChI is InChI=1S/C17H26N2O5/c1-5-23-16(22)19-13-8-6-12(7-9-13)15(21)24-11-14(20)10-18-17(2,3)4/h6-9,14,18,20H,5,10-11H2,1-4H3,(H,19,22). The Kier molecular flexibility index (Phi) is 7.67. The van der Waals surface area contributed by atoms with Crippen LogP contribution in [0.5, 0.6) is 0 Å². The van der Waals surface area contributed by atoms with Crippen LogP contribution in [0.1, 0.15) is 38.1 Å². The monoisotopic (exact) mass is 338 g/mol. The van der Waals surface area contributed by atoms with E-state index < -0.39 is 18.2 Å². The van der Waals surface area contributed by atoms with Gasteiger partial charge in [-0.05, 0) is 52.0 Å². The van der Waals surface area contributed by atoms with Gasteiger partial charge in [0.05, 0.1) is 12.2 Å². The number of amides is 1. The molecule has 1 amide bonds. The molecule has 0 fully saturated rings. The van der Waals surface area contributed by atoms with Crippen LogP contribution in [0.2, 0.25) is 0 Å². The maximum Gasteiger partial charge on any atom is 0.411 e. The second kappa shape index (κ2) is 9.24. The van der Waals surface area contributed by atoms with Crippen LogP contribution in [0.3, 0.4) is 0 Å². The lowest BCUT2D eigenvalue weighted by atomic mass is 10.1. The summed E-state index contributed by atoms with van der Waals surface area (Å²) in [6.45, 7) is 8.18. The Morgan fingerprint density at radius 3 is 2.33 bits per heavy atom. The van der Waals surface area contributed by atoms with Crippen molar-refractivity contribution in [1.82, 2.24) is 5.32 Å². The van der Waals surface area contributed by atoms with E-state index in [9.17, 15) is 14.7 Å². The van der Waals surface area contributed by atoms with E-state index in [1.54, 1.807) is 19.1 Å². The number of ether oxygens (including phenoxy) is 2. The van der Waals surface area contributed by atoms with Gasteiger partial charge in [-0.15, -0.1) is 0 Å². The Hall–Kier alpha value is -2.12. The van der Waals surface area contributed by atoms with E-state index in [2.05, 4.69) is 10.6 Å². The fourth-order valence-electron chi connectivity index (χ4n) is 1.71. The van der Waals surface area contributed by atoms with E-state index >= 15 is 0 Å². The second-order valence-electron chi connectivity index (χ2n) is 6.31. The average molecular weight is 338 g/mol. The number of esters is 1. The minimum atomic E-state index is -0.780. The number of β-amino-alcohol motifs (C(OH)–C–C–N with tert-alkyl or cyclic N) is 1. The van der Waals surface area contributed by atoms with E-state index in [0.717, 1.165) is 0 Å². The topological polar surface area (TPSA) is 96.9 Å². The first-order valence-corrected chi connectivity index (χ1v) is 7.85. The first kappa shape index (κ1) is 19.9. The first-order chi connectivity index (χ1) is 11.2. The molecule has 1 aromatic rings. The van der Waals surface area contributed by atoms with Gasteiger partial charge in [-0.2, -0.15) is 0 Å². The van der Waals surface area contributed by atoms with Crippen molar-refractivity contribution in [3.05, 3.63) is 29.8 Å². The summed E-state index contributed by atoms with van der Waals surface area (Å²) in [4.78, 5) is 23.2. The zero-order chi connectivity index (χ0) is 18.2. The van der Waals surface area contributed by atoms with Gasteiger partial charge in [0.2, 0.25) is 0 Å². The van der Waals surface area contributed by atoms with Crippen LogP contribution in [0.25, 0.3) is 0 Å². The van der Waals surface area contributed by atoms with Crippen molar-refractivity contribution in [3.8, 4) is 0 Å². The van der Waals surface area contributed by atoms with Crippen molar-refractivity contribution in [3.63, 3.8) is 0 Å². The minimum absolute atomic E-state index is 0.0925. The number of aliphatic hydroxyl groups is 1. The molecule has 0 bridgehead atoms. The molecule has 0 spiro atoms. The number of anilines is 1. The quantitative estimate of drug-likeness (QED) is 0.659. The van der Waals surface area contributed by atoms with E-state index in [4.69, 9.17) is 9.47 Å². The summed E-state index contributed by atoms with van der Waals surface area (Å²) >= 11 is 0. The maximum absolute atomic E-state index is 11.9. The van der Waals surface area contributed by atoms with Crippen LogP contribution in [0, 0.1) is 0 Å². The van der Waals surface area contributed by atoms with Crippen LogP contribution >= 0.6 is 0 Å². The lowest BCUT2D eigenvalue weighted by Gasteiger charge is -2.22. The fourth-order valence-corrected chi connectivity index (χ4v) is 1.71. The highest BCUT2D eigenvalue weighted by Crippen LogP contribution is 2.11. The number of carbonyl (C=O) groups is 2. The lowest BCUT2D eigenvalue weighted by Crippen LogP contribution is -2.42. The summed E-state index contributed by atoms with van der Waals surface area (Å²) in [5, 5.41) is 15.5. The third-order valence-electron chi connectivity index (χ3n) is 2.92. The van der Waals surface area contributed by atoms with Crippen molar-refractivity contribution in [2.24, 2.45) is 0 Å². The molecule has 0 aromatic heterocycles. The van der Waals surface area contributed by atoms with Gasteiger partial charge in [-0.1, -0.05) is 0 Å². The summed E-state index contributed by atoms with van der Waals surface area (Å²) < 4.78 is 9.83. The number of hydrogen-bond donors (Lipinski definition) is 3. The highest BCUT2D eigenvalue weighted by Gasteiger charge is 2.15. The van der Waals surface area contributed by atoms with Crippen LogP contribution in [0.15, 0.2) is 24.3 Å². The molecule has 1 rings (SSSR count). The van der Waals surface area contributed by atoms with Gasteiger partial charge >= 0.3 is 12.1 Å². The van der Waals surface area contributed by atoms with Gasteiger partial charge in [0.15, 0.2) is 0 Å². The number of hydrogen-bond acceptors (Lipinski definition) is 6. The molecule has 1 aromatic carbocycles. The van der Waals surface area contributed by atoms with Gasteiger partial charge in [-0.25, -0.2) is 9.59 Å². The number of carbonyl (C=O) groups excluding carboxylic acids is 2. The maximum atomic E-state index is 11.9. The Labute approximate surface area is 142 Å². The molecule has 7 heteroatoms. The molecule has 0 saturated heterocycles. The van der Waals surface area contributed by atoms with Crippen molar-refractivity contribution in [2.45, 2.75) is 39.3 Å². The summed E-state index contributed by atoms with van der Waals surface area (Å²) in [7, 11) is 0. The molecule has 0 aliphatic carbocycles. The SMILES string of the molecule is CCOC(=O)Nc1ccc(C(=O)OCC(O)CNC(C)(C)C)cc1.